The fourth-order valence-electron chi connectivity index (χ4n) is 3.22. The maximum atomic E-state index is 12.7. The van der Waals surface area contributed by atoms with Gasteiger partial charge in [0.2, 0.25) is 0 Å². The summed E-state index contributed by atoms with van der Waals surface area (Å²) in [5, 5.41) is 20.3. The summed E-state index contributed by atoms with van der Waals surface area (Å²) in [7, 11) is 0. The molecule has 5 nitrogen and oxygen atoms in total. The quantitative estimate of drug-likeness (QED) is 0.502. The number of aromatic hydroxyl groups is 1. The second-order valence-electron chi connectivity index (χ2n) is 6.80. The third-order valence-corrected chi connectivity index (χ3v) is 4.36. The molecule has 0 bridgehead atoms. The number of hydrogen-bond donors (Lipinski definition) is 2. The van der Waals surface area contributed by atoms with Crippen LogP contribution in [0.3, 0.4) is 0 Å². The van der Waals surface area contributed by atoms with Crippen molar-refractivity contribution in [3.63, 3.8) is 0 Å². The van der Waals surface area contributed by atoms with E-state index < -0.39 is 17.7 Å². The van der Waals surface area contributed by atoms with Crippen molar-refractivity contribution in [3.05, 3.63) is 71.3 Å². The minimum atomic E-state index is -0.690. The summed E-state index contributed by atoms with van der Waals surface area (Å²) in [5.74, 6) is -1.24. The lowest BCUT2D eigenvalue weighted by Gasteiger charge is -2.26. The summed E-state index contributed by atoms with van der Waals surface area (Å²) in [6.07, 6.45) is 0. The number of likely N-dealkylation sites (tertiary alicyclic amines) is 1. The van der Waals surface area contributed by atoms with Crippen molar-refractivity contribution in [1.82, 2.24) is 4.90 Å². The largest absolute Gasteiger partial charge is 0.508 e. The Labute approximate surface area is 152 Å². The Bertz CT molecular complexity index is 853. The summed E-state index contributed by atoms with van der Waals surface area (Å²) < 4.78 is 0. The molecule has 1 aliphatic rings. The Hall–Kier alpha value is -3.08. The van der Waals surface area contributed by atoms with Crippen LogP contribution in [0.2, 0.25) is 0 Å². The lowest BCUT2D eigenvalue weighted by atomic mass is 9.95. The molecule has 0 aliphatic carbocycles. The van der Waals surface area contributed by atoms with Crippen LogP contribution in [0.1, 0.15) is 31.0 Å². The number of ketones is 1. The molecule has 2 aromatic carbocycles. The fourth-order valence-corrected chi connectivity index (χ4v) is 3.22. The topological polar surface area (TPSA) is 77.8 Å². The minimum absolute atomic E-state index is 0.0764. The van der Waals surface area contributed by atoms with Crippen LogP contribution in [0.5, 0.6) is 5.75 Å². The van der Waals surface area contributed by atoms with Gasteiger partial charge in [0.15, 0.2) is 0 Å². The number of phenols is 1. The first kappa shape index (κ1) is 17.7. The third-order valence-electron chi connectivity index (χ3n) is 4.36. The van der Waals surface area contributed by atoms with E-state index in [1.807, 2.05) is 19.9 Å². The molecule has 1 saturated heterocycles. The summed E-state index contributed by atoms with van der Waals surface area (Å²) in [6, 6.07) is 14.4. The Morgan fingerprint density at radius 1 is 1.04 bits per heavy atom. The molecule has 1 aliphatic heterocycles. The number of rotatable bonds is 4. The highest BCUT2D eigenvalue weighted by atomic mass is 16.3. The van der Waals surface area contributed by atoms with Crippen LogP contribution >= 0.6 is 0 Å². The molecule has 3 rings (SSSR count). The molecule has 26 heavy (non-hydrogen) atoms. The number of benzene rings is 2. The van der Waals surface area contributed by atoms with E-state index in [1.54, 1.807) is 36.4 Å². The zero-order valence-electron chi connectivity index (χ0n) is 14.7. The highest BCUT2D eigenvalue weighted by Crippen LogP contribution is 2.40. The Kier molecular flexibility index (Phi) is 4.80. The molecule has 1 atom stereocenters. The van der Waals surface area contributed by atoms with Crippen LogP contribution in [0, 0.1) is 5.92 Å². The molecule has 1 heterocycles. The summed E-state index contributed by atoms with van der Waals surface area (Å²) in [5.41, 5.74) is 1.23. The van der Waals surface area contributed by atoms with Crippen LogP contribution < -0.4 is 0 Å². The average molecular weight is 351 g/mol. The third kappa shape index (κ3) is 3.20. The van der Waals surface area contributed by atoms with E-state index in [0.717, 1.165) is 0 Å². The molecule has 0 aromatic heterocycles. The first-order chi connectivity index (χ1) is 12.4. The number of nitrogens with zero attached hydrogens (tertiary/aromatic N) is 1. The normalized spacial score (nSPS) is 19.3. The predicted molar refractivity (Wildman–Crippen MR) is 98.4 cm³/mol. The fraction of sp³-hybridized carbons (Fsp3) is 0.238. The maximum absolute atomic E-state index is 12.7. The smallest absolute Gasteiger partial charge is 0.295 e. The van der Waals surface area contributed by atoms with Crippen molar-refractivity contribution in [2.24, 2.45) is 5.92 Å². The van der Waals surface area contributed by atoms with Crippen LogP contribution in [-0.2, 0) is 9.59 Å². The van der Waals surface area contributed by atoms with Gasteiger partial charge in [-0.05, 0) is 23.6 Å². The van der Waals surface area contributed by atoms with Crippen LogP contribution in [0.4, 0.5) is 0 Å². The molecule has 0 spiro atoms. The van der Waals surface area contributed by atoms with E-state index in [1.165, 1.54) is 17.0 Å². The molecule has 0 saturated carbocycles. The molecular formula is C21H21NO4. The van der Waals surface area contributed by atoms with Crippen molar-refractivity contribution in [2.45, 2.75) is 19.9 Å². The molecule has 0 radical (unpaired) electrons. The monoisotopic (exact) mass is 351 g/mol. The Morgan fingerprint density at radius 3 is 2.23 bits per heavy atom. The van der Waals surface area contributed by atoms with Gasteiger partial charge < -0.3 is 15.1 Å². The van der Waals surface area contributed by atoms with Crippen molar-refractivity contribution in [2.75, 3.05) is 6.54 Å². The second-order valence-corrected chi connectivity index (χ2v) is 6.80. The molecule has 5 heteroatoms. The Balaban J connectivity index is 2.18. The van der Waals surface area contributed by atoms with E-state index in [-0.39, 0.29) is 23.0 Å². The number of carbonyl (C=O) groups is 2. The van der Waals surface area contributed by atoms with E-state index in [9.17, 15) is 19.8 Å². The summed E-state index contributed by atoms with van der Waals surface area (Å²) in [6.45, 7) is 4.32. The maximum Gasteiger partial charge on any atom is 0.295 e. The van der Waals surface area contributed by atoms with Crippen LogP contribution in [-0.4, -0.2) is 33.3 Å². The van der Waals surface area contributed by atoms with Gasteiger partial charge in [-0.15, -0.1) is 0 Å². The molecule has 1 unspecified atom stereocenters. The average Bonchev–Trinajstić information content (AvgIpc) is 2.87. The number of carbonyl (C=O) groups excluding carboxylic acids is 2. The van der Waals surface area contributed by atoms with E-state index in [2.05, 4.69) is 0 Å². The lowest BCUT2D eigenvalue weighted by Crippen LogP contribution is -2.33. The highest BCUT2D eigenvalue weighted by molar-refractivity contribution is 6.46. The number of hydrogen-bond acceptors (Lipinski definition) is 4. The zero-order chi connectivity index (χ0) is 18.8. The minimum Gasteiger partial charge on any atom is -0.508 e. The second kappa shape index (κ2) is 7.04. The zero-order valence-corrected chi connectivity index (χ0v) is 14.7. The van der Waals surface area contributed by atoms with Crippen molar-refractivity contribution in [1.29, 1.82) is 0 Å². The first-order valence-electron chi connectivity index (χ1n) is 8.53. The van der Waals surface area contributed by atoms with Gasteiger partial charge in [-0.1, -0.05) is 56.3 Å². The van der Waals surface area contributed by atoms with Crippen LogP contribution in [0.15, 0.2) is 60.2 Å². The number of Topliss-reactive ketones (excluding diaryl/α,β-unsaturated/α-hetero) is 1. The molecular weight excluding hydrogens is 330 g/mol. The number of aliphatic hydroxyl groups is 1. The number of phenolic OH excluding ortho intramolecular Hbond substituents is 1. The summed E-state index contributed by atoms with van der Waals surface area (Å²) in [4.78, 5) is 26.8. The van der Waals surface area contributed by atoms with Gasteiger partial charge in [-0.2, -0.15) is 0 Å². The first-order valence-corrected chi connectivity index (χ1v) is 8.53. The predicted octanol–water partition coefficient (Wildman–Crippen LogP) is 3.47. The van der Waals surface area contributed by atoms with Gasteiger partial charge in [0.25, 0.3) is 11.7 Å². The van der Waals surface area contributed by atoms with Crippen molar-refractivity contribution < 1.29 is 19.8 Å². The van der Waals surface area contributed by atoms with Crippen LogP contribution in [0.25, 0.3) is 5.76 Å². The van der Waals surface area contributed by atoms with E-state index >= 15 is 0 Å². The number of amides is 1. The molecule has 1 amide bonds. The van der Waals surface area contributed by atoms with Crippen molar-refractivity contribution >= 4 is 17.4 Å². The van der Waals surface area contributed by atoms with Gasteiger partial charge in [-0.25, -0.2) is 0 Å². The highest BCUT2D eigenvalue weighted by Gasteiger charge is 2.46. The van der Waals surface area contributed by atoms with E-state index in [0.29, 0.717) is 17.7 Å². The van der Waals surface area contributed by atoms with Gasteiger partial charge in [-0.3, -0.25) is 9.59 Å². The molecule has 2 aromatic rings. The van der Waals surface area contributed by atoms with E-state index in [4.69, 9.17) is 0 Å². The summed E-state index contributed by atoms with van der Waals surface area (Å²) >= 11 is 0. The van der Waals surface area contributed by atoms with Gasteiger partial charge in [0, 0.05) is 12.1 Å². The van der Waals surface area contributed by atoms with Crippen molar-refractivity contribution in [3.8, 4) is 5.75 Å². The SMILES string of the molecule is CC(C)CN1C(=O)C(=O)C(=C(O)c2ccccc2)C1c1ccc(O)cc1. The molecule has 2 N–H and O–H groups in total. The molecule has 134 valence electrons. The number of aliphatic hydroxyl groups excluding tert-OH is 1. The standard InChI is InChI=1S/C21H21NO4/c1-13(2)12-22-18(14-8-10-16(23)11-9-14)17(20(25)21(22)26)19(24)15-6-4-3-5-7-15/h3-11,13,18,23-24H,12H2,1-2H3. The lowest BCUT2D eigenvalue weighted by molar-refractivity contribution is -0.140. The van der Waals surface area contributed by atoms with Gasteiger partial charge in [0.05, 0.1) is 11.6 Å². The van der Waals surface area contributed by atoms with Gasteiger partial charge >= 0.3 is 0 Å². The van der Waals surface area contributed by atoms with Gasteiger partial charge in [0.1, 0.15) is 11.5 Å². The molecule has 1 fully saturated rings. The Morgan fingerprint density at radius 2 is 1.65 bits per heavy atom.